The second-order valence-electron chi connectivity index (χ2n) is 4.52. The highest BCUT2D eigenvalue weighted by molar-refractivity contribution is 5.98. The van der Waals surface area contributed by atoms with Gasteiger partial charge in [-0.1, -0.05) is 12.1 Å². The third kappa shape index (κ3) is 1.69. The highest BCUT2D eigenvalue weighted by Crippen LogP contribution is 2.21. The largest absolute Gasteiger partial charge is 0.351 e. The lowest BCUT2D eigenvalue weighted by molar-refractivity contribution is 0.0947. The molecule has 16 heavy (non-hydrogen) atoms. The van der Waals surface area contributed by atoms with Crippen molar-refractivity contribution in [2.45, 2.75) is 25.8 Å². The number of carbonyl (C=O) groups excluding carboxylic acids is 1. The van der Waals surface area contributed by atoms with E-state index in [0.717, 1.165) is 23.7 Å². The second-order valence-corrected chi connectivity index (χ2v) is 4.52. The van der Waals surface area contributed by atoms with Gasteiger partial charge in [0.1, 0.15) is 5.69 Å². The molecule has 1 heterocycles. The molecule has 0 unspecified atom stereocenters. The van der Waals surface area contributed by atoms with Crippen LogP contribution in [0.25, 0.3) is 10.9 Å². The molecule has 3 rings (SSSR count). The van der Waals surface area contributed by atoms with Gasteiger partial charge in [0.05, 0.1) is 0 Å². The molecule has 0 atom stereocenters. The maximum absolute atomic E-state index is 11.8. The van der Waals surface area contributed by atoms with Gasteiger partial charge < -0.3 is 10.3 Å². The van der Waals surface area contributed by atoms with Gasteiger partial charge in [0.25, 0.3) is 5.91 Å². The normalized spacial score (nSPS) is 15.3. The van der Waals surface area contributed by atoms with Crippen molar-refractivity contribution >= 4 is 16.8 Å². The topological polar surface area (TPSA) is 44.9 Å². The van der Waals surface area contributed by atoms with Crippen LogP contribution < -0.4 is 5.32 Å². The molecule has 1 aromatic carbocycles. The number of carbonyl (C=O) groups is 1. The Morgan fingerprint density at radius 2 is 2.19 bits per heavy atom. The number of benzene rings is 1. The summed E-state index contributed by atoms with van der Waals surface area (Å²) in [5.41, 5.74) is 2.89. The zero-order chi connectivity index (χ0) is 11.1. The minimum Gasteiger partial charge on any atom is -0.351 e. The Labute approximate surface area is 93.9 Å². The van der Waals surface area contributed by atoms with Gasteiger partial charge in [-0.2, -0.15) is 0 Å². The van der Waals surface area contributed by atoms with Crippen LogP contribution in [0.4, 0.5) is 0 Å². The monoisotopic (exact) mass is 214 g/mol. The first-order chi connectivity index (χ1) is 7.72. The average molecular weight is 214 g/mol. The summed E-state index contributed by atoms with van der Waals surface area (Å²) < 4.78 is 0. The van der Waals surface area contributed by atoms with Crippen molar-refractivity contribution < 1.29 is 4.79 Å². The minimum atomic E-state index is 0.0105. The maximum Gasteiger partial charge on any atom is 0.267 e. The van der Waals surface area contributed by atoms with E-state index in [2.05, 4.69) is 22.4 Å². The summed E-state index contributed by atoms with van der Waals surface area (Å²) >= 11 is 0. The van der Waals surface area contributed by atoms with Crippen LogP contribution >= 0.6 is 0 Å². The first-order valence-electron chi connectivity index (χ1n) is 5.62. The summed E-state index contributed by atoms with van der Waals surface area (Å²) in [6.07, 6.45) is 2.23. The van der Waals surface area contributed by atoms with Gasteiger partial charge in [-0.3, -0.25) is 4.79 Å². The van der Waals surface area contributed by atoms with Crippen LogP contribution in [-0.2, 0) is 0 Å². The van der Waals surface area contributed by atoms with Crippen molar-refractivity contribution in [3.63, 3.8) is 0 Å². The Bertz CT molecular complexity index is 552. The van der Waals surface area contributed by atoms with Crippen LogP contribution in [0.5, 0.6) is 0 Å². The number of aromatic amines is 1. The molecule has 1 aliphatic rings. The van der Waals surface area contributed by atoms with E-state index in [0.29, 0.717) is 11.7 Å². The standard InChI is InChI=1S/C13H14N2O/c1-8-2-3-9-7-12(15-11(9)6-8)13(16)14-10-4-5-10/h2-3,6-7,10,15H,4-5H2,1H3,(H,14,16). The number of hydrogen-bond acceptors (Lipinski definition) is 1. The van der Waals surface area contributed by atoms with Crippen LogP contribution in [0.2, 0.25) is 0 Å². The predicted octanol–water partition coefficient (Wildman–Crippen LogP) is 2.37. The Morgan fingerprint density at radius 1 is 1.38 bits per heavy atom. The van der Waals surface area contributed by atoms with Gasteiger partial charge in [-0.25, -0.2) is 0 Å². The van der Waals surface area contributed by atoms with Gasteiger partial charge in [-0.15, -0.1) is 0 Å². The molecule has 0 aliphatic heterocycles. The lowest BCUT2D eigenvalue weighted by Crippen LogP contribution is -2.25. The third-order valence-corrected chi connectivity index (χ3v) is 2.94. The molecular formula is C13H14N2O. The number of amides is 1. The van der Waals surface area contributed by atoms with Gasteiger partial charge in [0, 0.05) is 16.9 Å². The van der Waals surface area contributed by atoms with E-state index >= 15 is 0 Å². The molecule has 1 aromatic heterocycles. The van der Waals surface area contributed by atoms with Crippen molar-refractivity contribution in [1.82, 2.24) is 10.3 Å². The highest BCUT2D eigenvalue weighted by atomic mass is 16.2. The van der Waals surface area contributed by atoms with Gasteiger partial charge >= 0.3 is 0 Å². The lowest BCUT2D eigenvalue weighted by atomic mass is 10.2. The van der Waals surface area contributed by atoms with Crippen LogP contribution in [0.1, 0.15) is 28.9 Å². The number of fused-ring (bicyclic) bond motifs is 1. The first kappa shape index (κ1) is 9.46. The average Bonchev–Trinajstić information content (AvgIpc) is 2.95. The molecule has 2 N–H and O–H groups in total. The molecular weight excluding hydrogens is 200 g/mol. The van der Waals surface area contributed by atoms with Crippen LogP contribution in [0.15, 0.2) is 24.3 Å². The fourth-order valence-corrected chi connectivity index (χ4v) is 1.85. The molecule has 0 bridgehead atoms. The number of aryl methyl sites for hydroxylation is 1. The van der Waals surface area contributed by atoms with E-state index in [4.69, 9.17) is 0 Å². The summed E-state index contributed by atoms with van der Waals surface area (Å²) in [6.45, 7) is 2.05. The van der Waals surface area contributed by atoms with E-state index in [1.165, 1.54) is 5.56 Å². The van der Waals surface area contributed by atoms with Crippen LogP contribution in [-0.4, -0.2) is 16.9 Å². The number of hydrogen-bond donors (Lipinski definition) is 2. The van der Waals surface area contributed by atoms with Gasteiger partial charge in [0.15, 0.2) is 0 Å². The van der Waals surface area contributed by atoms with Crippen molar-refractivity contribution in [3.8, 4) is 0 Å². The smallest absolute Gasteiger partial charge is 0.267 e. The van der Waals surface area contributed by atoms with E-state index in [9.17, 15) is 4.79 Å². The Kier molecular flexibility index (Phi) is 1.99. The molecule has 1 saturated carbocycles. The van der Waals surface area contributed by atoms with E-state index in [1.54, 1.807) is 0 Å². The highest BCUT2D eigenvalue weighted by Gasteiger charge is 2.24. The summed E-state index contributed by atoms with van der Waals surface area (Å²) in [5, 5.41) is 4.06. The molecule has 1 fully saturated rings. The second kappa shape index (κ2) is 3.37. The van der Waals surface area contributed by atoms with E-state index in [-0.39, 0.29) is 5.91 Å². The van der Waals surface area contributed by atoms with Crippen molar-refractivity contribution in [3.05, 3.63) is 35.5 Å². The maximum atomic E-state index is 11.8. The Morgan fingerprint density at radius 3 is 2.94 bits per heavy atom. The lowest BCUT2D eigenvalue weighted by Gasteiger charge is -1.98. The molecule has 0 radical (unpaired) electrons. The summed E-state index contributed by atoms with van der Waals surface area (Å²) in [5.74, 6) is 0.0105. The van der Waals surface area contributed by atoms with E-state index < -0.39 is 0 Å². The Hall–Kier alpha value is -1.77. The van der Waals surface area contributed by atoms with Crippen molar-refractivity contribution in [2.24, 2.45) is 0 Å². The zero-order valence-corrected chi connectivity index (χ0v) is 9.21. The molecule has 3 heteroatoms. The third-order valence-electron chi connectivity index (χ3n) is 2.94. The quantitative estimate of drug-likeness (QED) is 0.792. The number of aromatic nitrogens is 1. The van der Waals surface area contributed by atoms with E-state index in [1.807, 2.05) is 19.1 Å². The number of nitrogens with one attached hydrogen (secondary N) is 2. The number of H-pyrrole nitrogens is 1. The molecule has 0 saturated heterocycles. The number of rotatable bonds is 2. The summed E-state index contributed by atoms with van der Waals surface area (Å²) in [6, 6.07) is 8.46. The molecule has 82 valence electrons. The molecule has 1 aliphatic carbocycles. The molecule has 0 spiro atoms. The SMILES string of the molecule is Cc1ccc2cc(C(=O)NC3CC3)[nH]c2c1. The molecule has 1 amide bonds. The summed E-state index contributed by atoms with van der Waals surface area (Å²) in [4.78, 5) is 15.0. The fourth-order valence-electron chi connectivity index (χ4n) is 1.85. The zero-order valence-electron chi connectivity index (χ0n) is 9.21. The molecule has 3 nitrogen and oxygen atoms in total. The van der Waals surface area contributed by atoms with Gasteiger partial charge in [0.2, 0.25) is 0 Å². The van der Waals surface area contributed by atoms with Crippen LogP contribution in [0, 0.1) is 6.92 Å². The summed E-state index contributed by atoms with van der Waals surface area (Å²) in [7, 11) is 0. The molecule has 2 aromatic rings. The first-order valence-corrected chi connectivity index (χ1v) is 5.62. The van der Waals surface area contributed by atoms with Crippen molar-refractivity contribution in [1.29, 1.82) is 0 Å². The van der Waals surface area contributed by atoms with Crippen LogP contribution in [0.3, 0.4) is 0 Å². The fraction of sp³-hybridized carbons (Fsp3) is 0.308. The predicted molar refractivity (Wildman–Crippen MR) is 63.5 cm³/mol. The minimum absolute atomic E-state index is 0.0105. The van der Waals surface area contributed by atoms with Crippen molar-refractivity contribution in [2.75, 3.05) is 0 Å². The van der Waals surface area contributed by atoms with Gasteiger partial charge in [-0.05, 0) is 37.5 Å². The Balaban J connectivity index is 1.94.